The average molecular weight is 381 g/mol. The molecular formula is C19H22Cl2N2O2. The summed E-state index contributed by atoms with van der Waals surface area (Å²) in [6.07, 6.45) is 0. The van der Waals surface area contributed by atoms with Gasteiger partial charge in [0.05, 0.1) is 33.6 Å². The van der Waals surface area contributed by atoms with Crippen LogP contribution in [-0.4, -0.2) is 38.1 Å². The minimum atomic E-state index is -0.369. The summed E-state index contributed by atoms with van der Waals surface area (Å²) in [6, 6.07) is 12.5. The van der Waals surface area contributed by atoms with E-state index in [-0.39, 0.29) is 11.9 Å². The van der Waals surface area contributed by atoms with Crippen LogP contribution in [-0.2, 0) is 4.74 Å². The Bertz CT molecular complexity index is 735. The predicted octanol–water partition coefficient (Wildman–Crippen LogP) is 5.09. The topological polar surface area (TPSA) is 41.6 Å². The van der Waals surface area contributed by atoms with Crippen molar-refractivity contribution in [1.82, 2.24) is 4.90 Å². The van der Waals surface area contributed by atoms with Crippen LogP contribution in [0.1, 0.15) is 17.3 Å². The van der Waals surface area contributed by atoms with E-state index in [1.54, 1.807) is 36.4 Å². The van der Waals surface area contributed by atoms with Crippen molar-refractivity contribution < 1.29 is 9.53 Å². The number of nitrogens with one attached hydrogen (secondary N) is 1. The van der Waals surface area contributed by atoms with Crippen molar-refractivity contribution in [1.29, 1.82) is 0 Å². The van der Waals surface area contributed by atoms with Gasteiger partial charge in [-0.25, -0.2) is 4.79 Å². The molecular weight excluding hydrogens is 359 g/mol. The maximum absolute atomic E-state index is 12.5. The van der Waals surface area contributed by atoms with Crippen molar-refractivity contribution in [3.8, 4) is 0 Å². The molecule has 134 valence electrons. The summed E-state index contributed by atoms with van der Waals surface area (Å²) < 4.78 is 5.46. The third-order valence-electron chi connectivity index (χ3n) is 3.54. The van der Waals surface area contributed by atoms with Crippen LogP contribution >= 0.6 is 23.2 Å². The van der Waals surface area contributed by atoms with Crippen LogP contribution in [0, 0.1) is 5.92 Å². The number of halogens is 2. The molecule has 0 spiro atoms. The van der Waals surface area contributed by atoms with Crippen LogP contribution in [0.25, 0.3) is 0 Å². The van der Waals surface area contributed by atoms with Crippen molar-refractivity contribution in [3.05, 3.63) is 58.1 Å². The standard InChI is InChI=1S/C19H22Cl2N2O2/c1-13(11-23(2)3)12-25-19(24)14-7-4-5-9-16(14)22-17-10-6-8-15(20)18(17)21/h4-10,13,22H,11-12H2,1-3H3. The monoisotopic (exact) mass is 380 g/mol. The van der Waals surface area contributed by atoms with Crippen molar-refractivity contribution in [3.63, 3.8) is 0 Å². The highest BCUT2D eigenvalue weighted by Crippen LogP contribution is 2.32. The summed E-state index contributed by atoms with van der Waals surface area (Å²) in [5.41, 5.74) is 1.71. The normalized spacial score (nSPS) is 12.1. The van der Waals surface area contributed by atoms with Gasteiger partial charge in [-0.15, -0.1) is 0 Å². The molecule has 0 aliphatic rings. The molecule has 0 amide bonds. The first kappa shape index (κ1) is 19.6. The lowest BCUT2D eigenvalue weighted by atomic mass is 10.1. The average Bonchev–Trinajstić information content (AvgIpc) is 2.57. The Hall–Kier alpha value is -1.75. The third-order valence-corrected chi connectivity index (χ3v) is 4.36. The summed E-state index contributed by atoms with van der Waals surface area (Å²) in [6.45, 7) is 3.26. The molecule has 0 aliphatic carbocycles. The van der Waals surface area contributed by atoms with E-state index in [0.717, 1.165) is 6.54 Å². The van der Waals surface area contributed by atoms with Crippen LogP contribution in [0.2, 0.25) is 10.0 Å². The Morgan fingerprint density at radius 3 is 2.52 bits per heavy atom. The van der Waals surface area contributed by atoms with Crippen molar-refractivity contribution >= 4 is 40.5 Å². The molecule has 2 aromatic carbocycles. The van der Waals surface area contributed by atoms with Crippen LogP contribution in [0.5, 0.6) is 0 Å². The molecule has 1 atom stereocenters. The molecule has 2 rings (SSSR count). The van der Waals surface area contributed by atoms with Crippen LogP contribution in [0.3, 0.4) is 0 Å². The van der Waals surface area contributed by atoms with Gasteiger partial charge in [-0.05, 0) is 38.4 Å². The number of hydrogen-bond acceptors (Lipinski definition) is 4. The first-order valence-corrected chi connectivity index (χ1v) is 8.76. The second kappa shape index (κ2) is 9.09. The molecule has 2 aromatic rings. The molecule has 0 saturated heterocycles. The Morgan fingerprint density at radius 2 is 1.80 bits per heavy atom. The zero-order valence-corrected chi connectivity index (χ0v) is 16.1. The summed E-state index contributed by atoms with van der Waals surface area (Å²) in [5, 5.41) is 4.01. The second-order valence-corrected chi connectivity index (χ2v) is 7.02. The lowest BCUT2D eigenvalue weighted by Crippen LogP contribution is -2.24. The molecule has 0 bridgehead atoms. The van der Waals surface area contributed by atoms with E-state index < -0.39 is 0 Å². The zero-order chi connectivity index (χ0) is 18.4. The molecule has 25 heavy (non-hydrogen) atoms. The Balaban J connectivity index is 2.12. The minimum absolute atomic E-state index is 0.251. The van der Waals surface area contributed by atoms with E-state index in [2.05, 4.69) is 10.2 Å². The quantitative estimate of drug-likeness (QED) is 0.679. The number of benzene rings is 2. The highest BCUT2D eigenvalue weighted by atomic mass is 35.5. The number of nitrogens with zero attached hydrogens (tertiary/aromatic N) is 1. The zero-order valence-electron chi connectivity index (χ0n) is 14.6. The molecule has 0 fully saturated rings. The summed E-state index contributed by atoms with van der Waals surface area (Å²) in [7, 11) is 3.98. The lowest BCUT2D eigenvalue weighted by molar-refractivity contribution is 0.0434. The smallest absolute Gasteiger partial charge is 0.340 e. The van der Waals surface area contributed by atoms with Gasteiger partial charge < -0.3 is 15.0 Å². The van der Waals surface area contributed by atoms with E-state index >= 15 is 0 Å². The number of para-hydroxylation sites is 1. The van der Waals surface area contributed by atoms with E-state index in [0.29, 0.717) is 33.6 Å². The number of anilines is 2. The number of carbonyl (C=O) groups excluding carboxylic acids is 1. The number of esters is 1. The Kier molecular flexibility index (Phi) is 7.12. The van der Waals surface area contributed by atoms with E-state index in [1.165, 1.54) is 0 Å². The number of carbonyl (C=O) groups is 1. The maximum Gasteiger partial charge on any atom is 0.340 e. The van der Waals surface area contributed by atoms with Crippen LogP contribution in [0.4, 0.5) is 11.4 Å². The summed E-state index contributed by atoms with van der Waals surface area (Å²) in [4.78, 5) is 14.5. The molecule has 1 unspecified atom stereocenters. The van der Waals surface area contributed by atoms with Gasteiger partial charge >= 0.3 is 5.97 Å². The van der Waals surface area contributed by atoms with Crippen LogP contribution in [0.15, 0.2) is 42.5 Å². The fraction of sp³-hybridized carbons (Fsp3) is 0.316. The number of hydrogen-bond donors (Lipinski definition) is 1. The van der Waals surface area contributed by atoms with Crippen molar-refractivity contribution in [2.24, 2.45) is 5.92 Å². The van der Waals surface area contributed by atoms with Gasteiger partial charge in [0.15, 0.2) is 0 Å². The van der Waals surface area contributed by atoms with E-state index in [1.807, 2.05) is 27.1 Å². The first-order valence-electron chi connectivity index (χ1n) is 8.00. The molecule has 0 aromatic heterocycles. The van der Waals surface area contributed by atoms with Gasteiger partial charge in [0.25, 0.3) is 0 Å². The van der Waals surface area contributed by atoms with Crippen molar-refractivity contribution in [2.45, 2.75) is 6.92 Å². The lowest BCUT2D eigenvalue weighted by Gasteiger charge is -2.17. The number of ether oxygens (including phenoxy) is 1. The van der Waals surface area contributed by atoms with Gasteiger partial charge in [-0.3, -0.25) is 0 Å². The summed E-state index contributed by atoms with van der Waals surface area (Å²) in [5.74, 6) is -0.117. The molecule has 0 saturated carbocycles. The molecule has 0 radical (unpaired) electrons. The predicted molar refractivity (Wildman–Crippen MR) is 104 cm³/mol. The fourth-order valence-corrected chi connectivity index (χ4v) is 2.84. The van der Waals surface area contributed by atoms with E-state index in [4.69, 9.17) is 27.9 Å². The first-order chi connectivity index (χ1) is 11.9. The summed E-state index contributed by atoms with van der Waals surface area (Å²) >= 11 is 12.3. The van der Waals surface area contributed by atoms with Crippen LogP contribution < -0.4 is 5.32 Å². The van der Waals surface area contributed by atoms with Gasteiger partial charge in [0, 0.05) is 12.5 Å². The molecule has 4 nitrogen and oxygen atoms in total. The molecule has 0 heterocycles. The second-order valence-electron chi connectivity index (χ2n) is 6.24. The number of rotatable bonds is 7. The fourth-order valence-electron chi connectivity index (χ4n) is 2.49. The molecule has 1 N–H and O–H groups in total. The van der Waals surface area contributed by atoms with Gasteiger partial charge in [0.1, 0.15) is 0 Å². The maximum atomic E-state index is 12.5. The highest BCUT2D eigenvalue weighted by molar-refractivity contribution is 6.43. The van der Waals surface area contributed by atoms with Gasteiger partial charge in [-0.2, -0.15) is 0 Å². The Labute approximate surface area is 158 Å². The van der Waals surface area contributed by atoms with Gasteiger partial charge in [0.2, 0.25) is 0 Å². The van der Waals surface area contributed by atoms with Gasteiger partial charge in [-0.1, -0.05) is 48.3 Å². The molecule has 6 heteroatoms. The minimum Gasteiger partial charge on any atom is -0.462 e. The largest absolute Gasteiger partial charge is 0.462 e. The van der Waals surface area contributed by atoms with E-state index in [9.17, 15) is 4.79 Å². The SMILES string of the molecule is CC(COC(=O)c1ccccc1Nc1cccc(Cl)c1Cl)CN(C)C. The molecule has 0 aliphatic heterocycles. The highest BCUT2D eigenvalue weighted by Gasteiger charge is 2.15. The Morgan fingerprint density at radius 1 is 1.12 bits per heavy atom. The third kappa shape index (κ3) is 5.63. The van der Waals surface area contributed by atoms with Crippen molar-refractivity contribution in [2.75, 3.05) is 32.6 Å².